The summed E-state index contributed by atoms with van der Waals surface area (Å²) in [5.41, 5.74) is 1.52. The van der Waals surface area contributed by atoms with E-state index >= 15 is 0 Å². The second-order valence-corrected chi connectivity index (χ2v) is 6.55. The smallest absolute Gasteiger partial charge is 0.0102 e. The van der Waals surface area contributed by atoms with Crippen LogP contribution in [0.5, 0.6) is 0 Å². The number of hydrogen-bond acceptors (Lipinski definition) is 1. The Labute approximate surface area is 121 Å². The molecule has 2 fully saturated rings. The van der Waals surface area contributed by atoms with E-state index in [-0.39, 0.29) is 0 Å². The molecule has 1 saturated carbocycles. The Morgan fingerprint density at radius 1 is 1.00 bits per heavy atom. The van der Waals surface area contributed by atoms with Crippen molar-refractivity contribution in [1.82, 2.24) is 5.32 Å². The molecule has 1 heterocycles. The van der Waals surface area contributed by atoms with E-state index in [1.165, 1.54) is 55.0 Å². The van der Waals surface area contributed by atoms with Crippen LogP contribution in [0.25, 0.3) is 10.8 Å². The maximum Gasteiger partial charge on any atom is 0.0102 e. The summed E-state index contributed by atoms with van der Waals surface area (Å²) in [6.07, 6.45) is 6.89. The second-order valence-electron chi connectivity index (χ2n) is 6.55. The van der Waals surface area contributed by atoms with E-state index in [0.29, 0.717) is 0 Å². The highest BCUT2D eigenvalue weighted by atomic mass is 15.0. The highest BCUT2D eigenvalue weighted by Crippen LogP contribution is 2.39. The molecule has 0 bridgehead atoms. The molecule has 0 spiro atoms. The van der Waals surface area contributed by atoms with Crippen LogP contribution in [0.4, 0.5) is 0 Å². The first-order chi connectivity index (χ1) is 9.92. The van der Waals surface area contributed by atoms with Crippen LogP contribution in [0.1, 0.15) is 31.2 Å². The minimum Gasteiger partial charge on any atom is -0.313 e. The molecule has 0 aromatic heterocycles. The van der Waals surface area contributed by atoms with Gasteiger partial charge in [-0.15, -0.1) is 0 Å². The monoisotopic (exact) mass is 265 g/mol. The molecule has 20 heavy (non-hydrogen) atoms. The molecule has 104 valence electrons. The first kappa shape index (κ1) is 12.4. The number of aryl methyl sites for hydroxylation is 1. The lowest BCUT2D eigenvalue weighted by molar-refractivity contribution is 0.393. The Balaban J connectivity index is 1.51. The van der Waals surface area contributed by atoms with Gasteiger partial charge >= 0.3 is 0 Å². The van der Waals surface area contributed by atoms with Crippen molar-refractivity contribution >= 4 is 10.8 Å². The van der Waals surface area contributed by atoms with Gasteiger partial charge in [-0.2, -0.15) is 0 Å². The summed E-state index contributed by atoms with van der Waals surface area (Å²) in [6, 6.07) is 16.3. The standard InChI is InChI=1S/C19H23N/c1-2-9-17-14(5-1)6-3-7-15(17)11-12-19-18-10-4-8-16(18)13-20-19/h1-3,5-7,9,16,18-20H,4,8,10-13H2. The molecule has 2 aromatic carbocycles. The average Bonchev–Trinajstić information content (AvgIpc) is 3.09. The Kier molecular flexibility index (Phi) is 3.23. The first-order valence-corrected chi connectivity index (χ1v) is 8.12. The van der Waals surface area contributed by atoms with Gasteiger partial charge in [0.15, 0.2) is 0 Å². The maximum atomic E-state index is 3.78. The average molecular weight is 265 g/mol. The molecule has 3 unspecified atom stereocenters. The third-order valence-corrected chi connectivity index (χ3v) is 5.48. The number of rotatable bonds is 3. The van der Waals surface area contributed by atoms with Crippen LogP contribution in [0.2, 0.25) is 0 Å². The van der Waals surface area contributed by atoms with Crippen LogP contribution in [0, 0.1) is 11.8 Å². The molecular formula is C19H23N. The van der Waals surface area contributed by atoms with Gasteiger partial charge in [0.1, 0.15) is 0 Å². The Hall–Kier alpha value is -1.34. The summed E-state index contributed by atoms with van der Waals surface area (Å²) in [4.78, 5) is 0. The predicted octanol–water partition coefficient (Wildman–Crippen LogP) is 4.16. The highest BCUT2D eigenvalue weighted by Gasteiger charge is 2.38. The summed E-state index contributed by atoms with van der Waals surface area (Å²) in [7, 11) is 0. The first-order valence-electron chi connectivity index (χ1n) is 8.12. The quantitative estimate of drug-likeness (QED) is 0.878. The zero-order chi connectivity index (χ0) is 13.4. The van der Waals surface area contributed by atoms with Crippen molar-refractivity contribution in [2.24, 2.45) is 11.8 Å². The van der Waals surface area contributed by atoms with Crippen molar-refractivity contribution in [3.8, 4) is 0 Å². The molecule has 2 aromatic rings. The largest absolute Gasteiger partial charge is 0.313 e. The van der Waals surface area contributed by atoms with Gasteiger partial charge in [-0.3, -0.25) is 0 Å². The van der Waals surface area contributed by atoms with Gasteiger partial charge in [0.05, 0.1) is 0 Å². The third-order valence-electron chi connectivity index (χ3n) is 5.48. The van der Waals surface area contributed by atoms with Crippen molar-refractivity contribution in [2.75, 3.05) is 6.54 Å². The number of nitrogens with one attached hydrogen (secondary N) is 1. The van der Waals surface area contributed by atoms with Crippen LogP contribution < -0.4 is 5.32 Å². The molecule has 1 N–H and O–H groups in total. The molecule has 1 saturated heterocycles. The number of fused-ring (bicyclic) bond motifs is 2. The lowest BCUT2D eigenvalue weighted by atomic mass is 9.89. The topological polar surface area (TPSA) is 12.0 Å². The van der Waals surface area contributed by atoms with Gasteiger partial charge < -0.3 is 5.32 Å². The van der Waals surface area contributed by atoms with E-state index in [4.69, 9.17) is 0 Å². The molecular weight excluding hydrogens is 242 g/mol. The lowest BCUT2D eigenvalue weighted by Gasteiger charge is -2.18. The molecule has 3 atom stereocenters. The van der Waals surface area contributed by atoms with Crippen LogP contribution in [-0.2, 0) is 6.42 Å². The van der Waals surface area contributed by atoms with E-state index in [1.54, 1.807) is 0 Å². The zero-order valence-electron chi connectivity index (χ0n) is 12.0. The van der Waals surface area contributed by atoms with Crippen LogP contribution in [0.15, 0.2) is 42.5 Å². The van der Waals surface area contributed by atoms with Gasteiger partial charge in [0, 0.05) is 6.04 Å². The van der Waals surface area contributed by atoms with Crippen LogP contribution >= 0.6 is 0 Å². The molecule has 1 heteroatoms. The fraction of sp³-hybridized carbons (Fsp3) is 0.474. The van der Waals surface area contributed by atoms with Crippen molar-refractivity contribution in [3.63, 3.8) is 0 Å². The minimum atomic E-state index is 0.765. The third kappa shape index (κ3) is 2.14. The molecule has 0 radical (unpaired) electrons. The van der Waals surface area contributed by atoms with Gasteiger partial charge in [0.25, 0.3) is 0 Å². The SMILES string of the molecule is c1ccc2c(CCC3NCC4CCCC43)cccc2c1. The molecule has 1 aliphatic carbocycles. The molecule has 0 amide bonds. The maximum absolute atomic E-state index is 3.78. The molecule has 1 nitrogen and oxygen atoms in total. The minimum absolute atomic E-state index is 0.765. The van der Waals surface area contributed by atoms with E-state index in [9.17, 15) is 0 Å². The number of benzene rings is 2. The van der Waals surface area contributed by atoms with E-state index in [2.05, 4.69) is 47.8 Å². The lowest BCUT2D eigenvalue weighted by Crippen LogP contribution is -2.27. The van der Waals surface area contributed by atoms with E-state index in [0.717, 1.165) is 17.9 Å². The van der Waals surface area contributed by atoms with Gasteiger partial charge in [0.2, 0.25) is 0 Å². The second kappa shape index (κ2) is 5.21. The van der Waals surface area contributed by atoms with E-state index in [1.807, 2.05) is 0 Å². The van der Waals surface area contributed by atoms with Gasteiger partial charge in [-0.1, -0.05) is 48.9 Å². The van der Waals surface area contributed by atoms with Crippen molar-refractivity contribution < 1.29 is 0 Å². The van der Waals surface area contributed by atoms with E-state index < -0.39 is 0 Å². The normalized spacial score (nSPS) is 28.9. The molecule has 2 aliphatic rings. The molecule has 1 aliphatic heterocycles. The van der Waals surface area contributed by atoms with Crippen molar-refractivity contribution in [1.29, 1.82) is 0 Å². The summed E-state index contributed by atoms with van der Waals surface area (Å²) in [6.45, 7) is 1.27. The Morgan fingerprint density at radius 2 is 1.90 bits per heavy atom. The predicted molar refractivity (Wildman–Crippen MR) is 84.9 cm³/mol. The number of hydrogen-bond donors (Lipinski definition) is 1. The van der Waals surface area contributed by atoms with Crippen LogP contribution in [0.3, 0.4) is 0 Å². The van der Waals surface area contributed by atoms with Crippen molar-refractivity contribution in [2.45, 2.75) is 38.1 Å². The van der Waals surface area contributed by atoms with Gasteiger partial charge in [-0.25, -0.2) is 0 Å². The van der Waals surface area contributed by atoms with Crippen molar-refractivity contribution in [3.05, 3.63) is 48.0 Å². The van der Waals surface area contributed by atoms with Crippen LogP contribution in [-0.4, -0.2) is 12.6 Å². The zero-order valence-corrected chi connectivity index (χ0v) is 12.0. The fourth-order valence-corrected chi connectivity index (χ4v) is 4.44. The summed E-state index contributed by atoms with van der Waals surface area (Å²) in [5, 5.41) is 6.60. The Bertz CT molecular complexity index is 598. The summed E-state index contributed by atoms with van der Waals surface area (Å²) < 4.78 is 0. The van der Waals surface area contributed by atoms with Gasteiger partial charge in [-0.05, 0) is 60.4 Å². The summed E-state index contributed by atoms with van der Waals surface area (Å²) in [5.74, 6) is 1.94. The Morgan fingerprint density at radius 3 is 2.90 bits per heavy atom. The fourth-order valence-electron chi connectivity index (χ4n) is 4.44. The summed E-state index contributed by atoms with van der Waals surface area (Å²) >= 11 is 0. The molecule has 4 rings (SSSR count). The highest BCUT2D eigenvalue weighted by molar-refractivity contribution is 5.85.